The van der Waals surface area contributed by atoms with Crippen LogP contribution in [0, 0.1) is 23.7 Å². The SMILES string of the molecule is COc1ccc(O)c([C@H]2C3=CC[C@@H]4C(=O)N(c5ccc(N=Nc6ccc(N(C)C)cc6)cc5)C(=O)[C@@H]4[C@@H]3C[C@H]3C(=O)C(c4ccccc4)=CC(=O)[C@@]23c2ccccc2)c1. The number of hydrogen-bond acceptors (Lipinski definition) is 9. The molecule has 6 atom stereocenters. The van der Waals surface area contributed by atoms with E-state index >= 15 is 9.59 Å². The van der Waals surface area contributed by atoms with Crippen molar-refractivity contribution in [3.63, 3.8) is 0 Å². The van der Waals surface area contributed by atoms with Crippen molar-refractivity contribution in [1.29, 1.82) is 0 Å². The summed E-state index contributed by atoms with van der Waals surface area (Å²) in [6.45, 7) is 0. The monoisotopic (exact) mass is 782 g/mol. The lowest BCUT2D eigenvalue weighted by Crippen LogP contribution is -2.58. The van der Waals surface area contributed by atoms with Crippen LogP contribution >= 0.6 is 0 Å². The number of anilines is 2. The van der Waals surface area contributed by atoms with Gasteiger partial charge in [-0.1, -0.05) is 72.3 Å². The Hall–Kier alpha value is -6.94. The molecule has 1 aliphatic heterocycles. The van der Waals surface area contributed by atoms with Gasteiger partial charge in [0.25, 0.3) is 0 Å². The van der Waals surface area contributed by atoms with E-state index in [4.69, 9.17) is 4.74 Å². The molecule has 10 nitrogen and oxygen atoms in total. The average molecular weight is 783 g/mol. The summed E-state index contributed by atoms with van der Waals surface area (Å²) in [7, 11) is 5.46. The van der Waals surface area contributed by atoms with Crippen LogP contribution in [-0.4, -0.2) is 49.7 Å². The lowest BCUT2D eigenvalue weighted by Gasteiger charge is -2.55. The van der Waals surface area contributed by atoms with Gasteiger partial charge < -0.3 is 14.7 Å². The zero-order valence-corrected chi connectivity index (χ0v) is 32.9. The molecule has 2 fully saturated rings. The average Bonchev–Trinajstić information content (AvgIpc) is 3.53. The number of benzene rings is 5. The first kappa shape index (κ1) is 37.6. The zero-order valence-electron chi connectivity index (χ0n) is 32.9. The minimum Gasteiger partial charge on any atom is -0.508 e. The number of carbonyl (C=O) groups is 4. The number of ether oxygens (including phenoxy) is 1. The van der Waals surface area contributed by atoms with Crippen LogP contribution in [0.3, 0.4) is 0 Å². The van der Waals surface area contributed by atoms with Gasteiger partial charge in [-0.15, -0.1) is 0 Å². The number of ketones is 2. The summed E-state index contributed by atoms with van der Waals surface area (Å²) in [6, 6.07) is 37.8. The molecule has 0 unspecified atom stereocenters. The number of allylic oxidation sites excluding steroid dienone is 4. The first-order valence-corrected chi connectivity index (χ1v) is 19.8. The topological polar surface area (TPSA) is 129 Å². The Kier molecular flexibility index (Phi) is 9.42. The number of hydrogen-bond donors (Lipinski definition) is 1. The van der Waals surface area contributed by atoms with Crippen LogP contribution in [0.2, 0.25) is 0 Å². The van der Waals surface area contributed by atoms with Gasteiger partial charge in [-0.2, -0.15) is 10.2 Å². The van der Waals surface area contributed by atoms with E-state index in [9.17, 15) is 14.7 Å². The minimum absolute atomic E-state index is 0.0649. The van der Waals surface area contributed by atoms with Crippen LogP contribution in [0.1, 0.15) is 35.4 Å². The molecule has 0 bridgehead atoms. The van der Waals surface area contributed by atoms with E-state index in [2.05, 4.69) is 10.2 Å². The van der Waals surface area contributed by atoms with Gasteiger partial charge in [-0.05, 0) is 103 Å². The molecule has 2 amide bonds. The number of phenolic OH excluding ortho intramolecular Hbond substituents is 1. The van der Waals surface area contributed by atoms with Gasteiger partial charge in [0.2, 0.25) is 11.8 Å². The summed E-state index contributed by atoms with van der Waals surface area (Å²) < 4.78 is 5.64. The highest BCUT2D eigenvalue weighted by Gasteiger charge is 2.66. The molecule has 1 saturated carbocycles. The fourth-order valence-corrected chi connectivity index (χ4v) is 9.97. The van der Waals surface area contributed by atoms with E-state index in [1.54, 1.807) is 36.4 Å². The highest BCUT2D eigenvalue weighted by Crippen LogP contribution is 2.64. The lowest BCUT2D eigenvalue weighted by atomic mass is 9.44. The Morgan fingerprint density at radius 3 is 2.05 bits per heavy atom. The van der Waals surface area contributed by atoms with Crippen molar-refractivity contribution in [3.8, 4) is 11.5 Å². The second-order valence-electron chi connectivity index (χ2n) is 15.9. The van der Waals surface area contributed by atoms with Crippen LogP contribution in [0.5, 0.6) is 11.5 Å². The smallest absolute Gasteiger partial charge is 0.238 e. The largest absolute Gasteiger partial charge is 0.508 e. The third kappa shape index (κ3) is 6.09. The van der Waals surface area contributed by atoms with E-state index in [1.807, 2.05) is 110 Å². The highest BCUT2D eigenvalue weighted by atomic mass is 16.5. The molecule has 9 rings (SSSR count). The minimum atomic E-state index is -1.47. The fraction of sp³-hybridized carbons (Fsp3) is 0.224. The van der Waals surface area contributed by atoms with Crippen LogP contribution in [0.25, 0.3) is 5.57 Å². The van der Waals surface area contributed by atoms with Gasteiger partial charge in [0.05, 0.1) is 41.4 Å². The van der Waals surface area contributed by atoms with Crippen LogP contribution in [0.15, 0.2) is 155 Å². The molecular formula is C49H42N4O6. The van der Waals surface area contributed by atoms with Crippen LogP contribution in [-0.2, 0) is 24.6 Å². The number of amides is 2. The van der Waals surface area contributed by atoms with Crippen molar-refractivity contribution in [2.75, 3.05) is 31.0 Å². The number of phenols is 1. The molecule has 0 spiro atoms. The van der Waals surface area contributed by atoms with E-state index in [0.717, 1.165) is 11.3 Å². The molecule has 59 heavy (non-hydrogen) atoms. The summed E-state index contributed by atoms with van der Waals surface area (Å²) in [5, 5.41) is 20.4. The molecular weight excluding hydrogens is 741 g/mol. The van der Waals surface area contributed by atoms with Crippen molar-refractivity contribution >= 4 is 51.7 Å². The molecule has 4 aliphatic rings. The number of aromatic hydroxyl groups is 1. The summed E-state index contributed by atoms with van der Waals surface area (Å²) >= 11 is 0. The van der Waals surface area contributed by atoms with Gasteiger partial charge >= 0.3 is 0 Å². The van der Waals surface area contributed by atoms with Crippen LogP contribution in [0.4, 0.5) is 22.7 Å². The summed E-state index contributed by atoms with van der Waals surface area (Å²) in [5.74, 6) is -4.64. The van der Waals surface area contributed by atoms with Gasteiger partial charge in [0.15, 0.2) is 11.6 Å². The molecule has 0 aromatic heterocycles. The molecule has 3 aliphatic carbocycles. The molecule has 5 aromatic rings. The maximum atomic E-state index is 15.3. The quantitative estimate of drug-likeness (QED) is 0.0946. The molecule has 294 valence electrons. The van der Waals surface area contributed by atoms with Crippen molar-refractivity contribution in [1.82, 2.24) is 0 Å². The number of nitrogens with zero attached hydrogens (tertiary/aromatic N) is 4. The van der Waals surface area contributed by atoms with Gasteiger partial charge in [0.1, 0.15) is 11.5 Å². The predicted octanol–water partition coefficient (Wildman–Crippen LogP) is 8.91. The number of rotatable bonds is 8. The highest BCUT2D eigenvalue weighted by molar-refractivity contribution is 6.32. The van der Waals surface area contributed by atoms with E-state index in [0.29, 0.717) is 45.1 Å². The van der Waals surface area contributed by atoms with Gasteiger partial charge in [-0.3, -0.25) is 24.1 Å². The Balaban J connectivity index is 1.13. The first-order chi connectivity index (χ1) is 28.6. The molecule has 0 radical (unpaired) electrons. The van der Waals surface area contributed by atoms with Crippen molar-refractivity contribution < 1.29 is 29.0 Å². The Morgan fingerprint density at radius 1 is 0.763 bits per heavy atom. The second kappa shape index (κ2) is 14.8. The zero-order chi connectivity index (χ0) is 41.0. The Labute approximate surface area is 342 Å². The number of azo groups is 1. The van der Waals surface area contributed by atoms with Gasteiger partial charge in [-0.25, -0.2) is 0 Å². The van der Waals surface area contributed by atoms with Crippen LogP contribution < -0.4 is 14.5 Å². The normalized spacial score (nSPS) is 24.9. The number of imide groups is 1. The van der Waals surface area contributed by atoms with E-state index in [1.165, 1.54) is 24.2 Å². The number of carbonyl (C=O) groups excluding carboxylic acids is 4. The van der Waals surface area contributed by atoms with E-state index < -0.39 is 35.0 Å². The fourth-order valence-electron chi connectivity index (χ4n) is 9.97. The second-order valence-corrected chi connectivity index (χ2v) is 15.9. The Bertz CT molecular complexity index is 2580. The molecule has 5 aromatic carbocycles. The third-order valence-corrected chi connectivity index (χ3v) is 12.7. The first-order valence-electron chi connectivity index (χ1n) is 19.8. The summed E-state index contributed by atoms with van der Waals surface area (Å²) in [5.41, 5.74) is 3.96. The Morgan fingerprint density at radius 2 is 1.41 bits per heavy atom. The van der Waals surface area contributed by atoms with Crippen molar-refractivity contribution in [2.45, 2.75) is 24.2 Å². The maximum absolute atomic E-state index is 15.3. The maximum Gasteiger partial charge on any atom is 0.238 e. The standard InChI is InChI=1S/C49H42N4O6/c1-52(2)33-18-14-31(15-19-33)50-51-32-16-20-34(21-17-32)53-47(57)37-24-23-36-39(44(37)48(53)58)27-41-46(56)38(29-10-6-4-7-11-29)28-43(55)49(41,30-12-8-5-9-13-30)45(36)40-26-35(59-3)22-25-42(40)54/h4-23,25-26,28,37,39,41,44-45,54H,24,27H2,1-3H3/t37-,39+,41-,44-,45+,49-/m0/s1. The van der Waals surface area contributed by atoms with Crippen molar-refractivity contribution in [2.24, 2.45) is 33.9 Å². The molecule has 10 heteroatoms. The number of fused-ring (bicyclic) bond motifs is 4. The predicted molar refractivity (Wildman–Crippen MR) is 225 cm³/mol. The third-order valence-electron chi connectivity index (χ3n) is 12.7. The molecule has 1 heterocycles. The number of Topliss-reactive ketones (excluding diaryl/α,β-unsaturated/α-hetero) is 1. The van der Waals surface area contributed by atoms with Gasteiger partial charge in [0, 0.05) is 42.8 Å². The number of methoxy groups -OCH3 is 1. The van der Waals surface area contributed by atoms with E-state index in [-0.39, 0.29) is 42.0 Å². The lowest BCUT2D eigenvalue weighted by molar-refractivity contribution is -0.135. The van der Waals surface area contributed by atoms with Crippen molar-refractivity contribution in [3.05, 3.63) is 162 Å². The molecule has 1 N–H and O–H groups in total. The summed E-state index contributed by atoms with van der Waals surface area (Å²) in [6.07, 6.45) is 3.85. The summed E-state index contributed by atoms with van der Waals surface area (Å²) in [4.78, 5) is 62.9. The molecule has 1 saturated heterocycles.